The van der Waals surface area contributed by atoms with Gasteiger partial charge in [-0.2, -0.15) is 0 Å². The third-order valence-corrected chi connectivity index (χ3v) is 4.73. The second-order valence-electron chi connectivity index (χ2n) is 6.01. The van der Waals surface area contributed by atoms with Crippen LogP contribution in [0.25, 0.3) is 0 Å². The number of phenols is 1. The molecule has 2 aromatic rings. The number of alkyl halides is 3. The molecule has 0 amide bonds. The molecule has 1 heterocycles. The molecule has 156 valence electrons. The van der Waals surface area contributed by atoms with Gasteiger partial charge in [-0.25, -0.2) is 0 Å². The maximum atomic E-state index is 12.4. The molecular formula is C18H20BrCl2F3N2O2. The van der Waals surface area contributed by atoms with E-state index in [1.54, 1.807) is 18.2 Å². The first-order valence-corrected chi connectivity index (χ1v) is 8.92. The first-order chi connectivity index (χ1) is 12.3. The van der Waals surface area contributed by atoms with Gasteiger partial charge in [0.15, 0.2) is 0 Å². The van der Waals surface area contributed by atoms with Crippen LogP contribution in [0.15, 0.2) is 46.9 Å². The first kappa shape index (κ1) is 24.8. The zero-order valence-corrected chi connectivity index (χ0v) is 17.8. The number of piperazine rings is 1. The van der Waals surface area contributed by atoms with E-state index in [9.17, 15) is 18.3 Å². The lowest BCUT2D eigenvalue weighted by Gasteiger charge is -2.36. The van der Waals surface area contributed by atoms with E-state index < -0.39 is 6.36 Å². The third kappa shape index (κ3) is 6.42. The summed E-state index contributed by atoms with van der Waals surface area (Å²) in [5.41, 5.74) is 1.50. The highest BCUT2D eigenvalue weighted by Gasteiger charge is 2.31. The minimum Gasteiger partial charge on any atom is -0.508 e. The highest BCUT2D eigenvalue weighted by atomic mass is 79.9. The zero-order chi connectivity index (χ0) is 18.7. The highest BCUT2D eigenvalue weighted by molar-refractivity contribution is 9.10. The van der Waals surface area contributed by atoms with Gasteiger partial charge in [0.1, 0.15) is 11.5 Å². The van der Waals surface area contributed by atoms with Gasteiger partial charge in [-0.15, -0.1) is 38.0 Å². The molecule has 0 saturated carbocycles. The van der Waals surface area contributed by atoms with Crippen molar-refractivity contribution < 1.29 is 23.0 Å². The van der Waals surface area contributed by atoms with Gasteiger partial charge >= 0.3 is 6.36 Å². The number of ether oxygens (including phenoxy) is 1. The van der Waals surface area contributed by atoms with E-state index in [1.165, 1.54) is 12.1 Å². The maximum absolute atomic E-state index is 12.4. The lowest BCUT2D eigenvalue weighted by molar-refractivity contribution is -0.274. The van der Waals surface area contributed by atoms with E-state index in [1.807, 2.05) is 12.1 Å². The summed E-state index contributed by atoms with van der Waals surface area (Å²) >= 11 is 3.33. The van der Waals surface area contributed by atoms with E-state index in [-0.39, 0.29) is 42.4 Å². The van der Waals surface area contributed by atoms with Crippen LogP contribution in [0, 0.1) is 0 Å². The average molecular weight is 504 g/mol. The molecule has 0 aliphatic carbocycles. The van der Waals surface area contributed by atoms with Crippen LogP contribution in [0.2, 0.25) is 0 Å². The summed E-state index contributed by atoms with van der Waals surface area (Å²) in [5, 5.41) is 13.7. The SMILES string of the molecule is Cl.Cl.Oc1cc(Br)ccc1[C@@H](c1ccc(OC(F)(F)F)cc1)N1CCNCC1. The van der Waals surface area contributed by atoms with Gasteiger partial charge in [-0.05, 0) is 29.8 Å². The number of hydrogen-bond acceptors (Lipinski definition) is 4. The molecule has 10 heteroatoms. The largest absolute Gasteiger partial charge is 0.573 e. The summed E-state index contributed by atoms with van der Waals surface area (Å²) in [4.78, 5) is 2.19. The van der Waals surface area contributed by atoms with Gasteiger partial charge in [-0.3, -0.25) is 4.90 Å². The molecule has 1 saturated heterocycles. The van der Waals surface area contributed by atoms with Crippen molar-refractivity contribution in [1.29, 1.82) is 0 Å². The van der Waals surface area contributed by atoms with Gasteiger partial charge in [0.25, 0.3) is 0 Å². The Kier molecular flexibility index (Phi) is 9.36. The zero-order valence-electron chi connectivity index (χ0n) is 14.6. The second-order valence-corrected chi connectivity index (χ2v) is 6.92. The van der Waals surface area contributed by atoms with E-state index in [2.05, 4.69) is 30.9 Å². The quantitative estimate of drug-likeness (QED) is 0.623. The summed E-state index contributed by atoms with van der Waals surface area (Å²) in [5.74, 6) is -0.126. The number of benzene rings is 2. The molecule has 1 aliphatic heterocycles. The van der Waals surface area contributed by atoms with Crippen LogP contribution in [0.3, 0.4) is 0 Å². The van der Waals surface area contributed by atoms with Crippen molar-refractivity contribution in [2.45, 2.75) is 12.4 Å². The predicted molar refractivity (Wildman–Crippen MR) is 110 cm³/mol. The lowest BCUT2D eigenvalue weighted by Crippen LogP contribution is -2.45. The van der Waals surface area contributed by atoms with Gasteiger partial charge in [0, 0.05) is 36.2 Å². The number of phenolic OH excluding ortho intramolecular Hbond substituents is 1. The van der Waals surface area contributed by atoms with Gasteiger partial charge in [-0.1, -0.05) is 34.1 Å². The smallest absolute Gasteiger partial charge is 0.508 e. The van der Waals surface area contributed by atoms with Crippen LogP contribution in [-0.2, 0) is 0 Å². The molecule has 3 rings (SSSR count). The topological polar surface area (TPSA) is 44.7 Å². The number of nitrogens with one attached hydrogen (secondary N) is 1. The molecule has 0 radical (unpaired) electrons. The fourth-order valence-electron chi connectivity index (χ4n) is 3.13. The van der Waals surface area contributed by atoms with Crippen LogP contribution in [-0.4, -0.2) is 42.5 Å². The van der Waals surface area contributed by atoms with Gasteiger partial charge in [0.05, 0.1) is 6.04 Å². The molecule has 2 aromatic carbocycles. The summed E-state index contributed by atoms with van der Waals surface area (Å²) in [6.45, 7) is 3.15. The number of hydrogen-bond donors (Lipinski definition) is 2. The number of rotatable bonds is 4. The molecule has 1 fully saturated rings. The minimum atomic E-state index is -4.72. The highest BCUT2D eigenvalue weighted by Crippen LogP contribution is 2.36. The Hall–Kier alpha value is -1.19. The summed E-state index contributed by atoms with van der Waals surface area (Å²) in [6, 6.07) is 10.8. The Bertz CT molecular complexity index is 757. The van der Waals surface area contributed by atoms with Crippen molar-refractivity contribution in [2.75, 3.05) is 26.2 Å². The summed E-state index contributed by atoms with van der Waals surface area (Å²) < 4.78 is 41.8. The van der Waals surface area contributed by atoms with E-state index in [0.717, 1.165) is 36.2 Å². The predicted octanol–water partition coefficient (Wildman–Crippen LogP) is 4.89. The monoisotopic (exact) mass is 502 g/mol. The van der Waals surface area contributed by atoms with Crippen molar-refractivity contribution >= 4 is 40.7 Å². The Balaban J connectivity index is 0.00000196. The van der Waals surface area contributed by atoms with Crippen LogP contribution < -0.4 is 10.1 Å². The van der Waals surface area contributed by atoms with Crippen LogP contribution >= 0.6 is 40.7 Å². The molecule has 0 aromatic heterocycles. The number of nitrogens with zero attached hydrogens (tertiary/aromatic N) is 1. The minimum absolute atomic E-state index is 0. The molecule has 4 nitrogen and oxygen atoms in total. The van der Waals surface area contributed by atoms with E-state index in [0.29, 0.717) is 5.56 Å². The lowest BCUT2D eigenvalue weighted by atomic mass is 9.95. The average Bonchev–Trinajstić information content (AvgIpc) is 2.58. The molecule has 28 heavy (non-hydrogen) atoms. The molecule has 0 unspecified atom stereocenters. The van der Waals surface area contributed by atoms with Crippen LogP contribution in [0.1, 0.15) is 17.2 Å². The first-order valence-electron chi connectivity index (χ1n) is 8.12. The maximum Gasteiger partial charge on any atom is 0.573 e. The fraction of sp³-hybridized carbons (Fsp3) is 0.333. The van der Waals surface area contributed by atoms with Crippen molar-refractivity contribution in [1.82, 2.24) is 10.2 Å². The van der Waals surface area contributed by atoms with Crippen LogP contribution in [0.5, 0.6) is 11.5 Å². The standard InChI is InChI=1S/C18H18BrF3N2O2.2ClH/c19-13-3-6-15(16(25)11-13)17(24-9-7-23-8-10-24)12-1-4-14(5-2-12)26-18(20,21)22;;/h1-6,11,17,23,25H,7-10H2;2*1H/t17-;;/m1../s1. The molecule has 0 spiro atoms. The molecular weight excluding hydrogens is 484 g/mol. The summed E-state index contributed by atoms with van der Waals surface area (Å²) in [6.07, 6.45) is -4.72. The fourth-order valence-corrected chi connectivity index (χ4v) is 3.48. The molecule has 1 aliphatic rings. The molecule has 2 N–H and O–H groups in total. The van der Waals surface area contributed by atoms with Crippen molar-refractivity contribution in [3.05, 3.63) is 58.1 Å². The van der Waals surface area contributed by atoms with E-state index in [4.69, 9.17) is 0 Å². The Morgan fingerprint density at radius 3 is 2.18 bits per heavy atom. The Morgan fingerprint density at radius 2 is 1.64 bits per heavy atom. The normalized spacial score (nSPS) is 15.9. The van der Waals surface area contributed by atoms with E-state index >= 15 is 0 Å². The van der Waals surface area contributed by atoms with Crippen molar-refractivity contribution in [2.24, 2.45) is 0 Å². The Morgan fingerprint density at radius 1 is 1.04 bits per heavy atom. The van der Waals surface area contributed by atoms with Crippen molar-refractivity contribution in [3.8, 4) is 11.5 Å². The number of aromatic hydroxyl groups is 1. The number of halogens is 6. The second kappa shape index (κ2) is 10.5. The van der Waals surface area contributed by atoms with Gasteiger partial charge < -0.3 is 15.2 Å². The third-order valence-electron chi connectivity index (χ3n) is 4.23. The van der Waals surface area contributed by atoms with Gasteiger partial charge in [0.2, 0.25) is 0 Å². The molecule has 0 bridgehead atoms. The van der Waals surface area contributed by atoms with Crippen molar-refractivity contribution in [3.63, 3.8) is 0 Å². The molecule has 1 atom stereocenters. The Labute approximate surface area is 182 Å². The summed E-state index contributed by atoms with van der Waals surface area (Å²) in [7, 11) is 0. The van der Waals surface area contributed by atoms with Crippen LogP contribution in [0.4, 0.5) is 13.2 Å².